The number of nitrogens with zero attached hydrogens (tertiary/aromatic N) is 1. The van der Waals surface area contributed by atoms with Gasteiger partial charge in [-0.15, -0.1) is 0 Å². The second-order valence-electron chi connectivity index (χ2n) is 6.79. The van der Waals surface area contributed by atoms with Gasteiger partial charge in [0.25, 0.3) is 11.6 Å². The summed E-state index contributed by atoms with van der Waals surface area (Å²) in [4.78, 5) is 22.6. The molecule has 0 bridgehead atoms. The minimum Gasteiger partial charge on any atom is -0.490 e. The van der Waals surface area contributed by atoms with Gasteiger partial charge in [-0.05, 0) is 38.1 Å². The van der Waals surface area contributed by atoms with Gasteiger partial charge >= 0.3 is 0 Å². The minimum atomic E-state index is -3.66. The topological polar surface area (TPSA) is 148 Å². The number of carbonyl (C=O) groups is 1. The van der Waals surface area contributed by atoms with Gasteiger partial charge in [-0.25, -0.2) is 12.8 Å². The molecular weight excluding hydrogens is 421 g/mol. The second-order valence-corrected chi connectivity index (χ2v) is 8.54. The Hall–Kier alpha value is -3.25. The number of amides is 1. The molecule has 0 heterocycles. The van der Waals surface area contributed by atoms with Crippen LogP contribution in [0.15, 0.2) is 36.4 Å². The minimum absolute atomic E-state index is 0.0363. The zero-order valence-corrected chi connectivity index (χ0v) is 17.1. The fourth-order valence-corrected chi connectivity index (χ4v) is 2.93. The van der Waals surface area contributed by atoms with Crippen molar-refractivity contribution in [2.45, 2.75) is 19.4 Å². The van der Waals surface area contributed by atoms with Crippen LogP contribution in [0.25, 0.3) is 0 Å². The molecule has 0 saturated carbocycles. The van der Waals surface area contributed by atoms with Crippen molar-refractivity contribution in [3.8, 4) is 5.75 Å². The molecule has 1 unspecified atom stereocenters. The third kappa shape index (κ3) is 6.12. The summed E-state index contributed by atoms with van der Waals surface area (Å²) in [5, 5.41) is 23.6. The van der Waals surface area contributed by atoms with Gasteiger partial charge in [0.1, 0.15) is 12.4 Å². The van der Waals surface area contributed by atoms with Crippen LogP contribution in [0.4, 0.5) is 21.5 Å². The lowest BCUT2D eigenvalue weighted by Gasteiger charge is -2.23. The second kappa shape index (κ2) is 8.63. The molecule has 3 N–H and O–H groups in total. The van der Waals surface area contributed by atoms with Gasteiger partial charge in [0.05, 0.1) is 16.9 Å². The first kappa shape index (κ1) is 23.0. The third-order valence-corrected chi connectivity index (χ3v) is 4.49. The number of nitro benzene ring substituents is 1. The molecule has 1 amide bonds. The van der Waals surface area contributed by atoms with Crippen molar-refractivity contribution in [1.29, 1.82) is 0 Å². The Bertz CT molecular complexity index is 1090. The van der Waals surface area contributed by atoms with Crippen LogP contribution in [-0.2, 0) is 14.8 Å². The van der Waals surface area contributed by atoms with E-state index in [0.29, 0.717) is 5.56 Å². The first-order valence-electron chi connectivity index (χ1n) is 8.47. The number of aliphatic hydroxyl groups is 1. The largest absolute Gasteiger partial charge is 0.490 e. The monoisotopic (exact) mass is 441 g/mol. The highest BCUT2D eigenvalue weighted by atomic mass is 32.2. The van der Waals surface area contributed by atoms with E-state index in [2.05, 4.69) is 5.32 Å². The van der Waals surface area contributed by atoms with Crippen LogP contribution in [0.1, 0.15) is 12.5 Å². The number of carbonyl (C=O) groups excluding carboxylic acids is 1. The molecular formula is C18H20FN3O7S. The smallest absolute Gasteiger partial charge is 0.272 e. The predicted octanol–water partition coefficient (Wildman–Crippen LogP) is 2.18. The van der Waals surface area contributed by atoms with Crippen LogP contribution in [0, 0.1) is 22.9 Å². The number of ether oxygens (including phenoxy) is 1. The van der Waals surface area contributed by atoms with Gasteiger partial charge < -0.3 is 15.2 Å². The number of benzene rings is 2. The Kier molecular flexibility index (Phi) is 6.63. The zero-order chi connectivity index (χ0) is 22.7. The average Bonchev–Trinajstić information content (AvgIpc) is 2.60. The zero-order valence-electron chi connectivity index (χ0n) is 16.3. The van der Waals surface area contributed by atoms with Crippen molar-refractivity contribution < 1.29 is 32.4 Å². The summed E-state index contributed by atoms with van der Waals surface area (Å²) in [5.74, 6) is -1.78. The fourth-order valence-electron chi connectivity index (χ4n) is 2.36. The Balaban J connectivity index is 2.04. The number of hydrogen-bond donors (Lipinski definition) is 3. The van der Waals surface area contributed by atoms with Gasteiger partial charge in [0, 0.05) is 23.4 Å². The van der Waals surface area contributed by atoms with E-state index < -0.39 is 38.9 Å². The molecule has 0 saturated heterocycles. The van der Waals surface area contributed by atoms with Crippen molar-refractivity contribution in [2.75, 3.05) is 22.9 Å². The molecule has 2 aromatic carbocycles. The number of rotatable bonds is 8. The Labute approximate surface area is 171 Å². The summed E-state index contributed by atoms with van der Waals surface area (Å²) in [5.41, 5.74) is -1.84. The van der Waals surface area contributed by atoms with E-state index in [4.69, 9.17) is 4.74 Å². The molecule has 2 aromatic rings. The van der Waals surface area contributed by atoms with E-state index in [1.54, 1.807) is 0 Å². The predicted molar refractivity (Wildman–Crippen MR) is 107 cm³/mol. The van der Waals surface area contributed by atoms with Crippen molar-refractivity contribution in [1.82, 2.24) is 0 Å². The van der Waals surface area contributed by atoms with E-state index in [0.717, 1.165) is 18.4 Å². The van der Waals surface area contributed by atoms with E-state index in [1.807, 2.05) is 4.72 Å². The van der Waals surface area contributed by atoms with Gasteiger partial charge in [-0.3, -0.25) is 19.6 Å². The van der Waals surface area contributed by atoms with E-state index >= 15 is 0 Å². The average molecular weight is 441 g/mol. The Morgan fingerprint density at radius 1 is 1.30 bits per heavy atom. The first-order chi connectivity index (χ1) is 13.8. The van der Waals surface area contributed by atoms with Crippen LogP contribution in [0.5, 0.6) is 5.75 Å². The normalized spacial score (nSPS) is 13.2. The number of sulfonamides is 1. The van der Waals surface area contributed by atoms with Crippen LogP contribution in [0.2, 0.25) is 0 Å². The number of anilines is 2. The van der Waals surface area contributed by atoms with E-state index in [-0.39, 0.29) is 22.8 Å². The lowest BCUT2D eigenvalue weighted by Crippen LogP contribution is -2.45. The molecule has 0 radical (unpaired) electrons. The molecule has 12 heteroatoms. The molecule has 162 valence electrons. The standard InChI is InChI=1S/C18H20FN3O7S/c1-11-8-12(4-7-16(11)22(25)26)20-17(23)18(2,24)10-29-13-5-6-15(14(19)9-13)21-30(3,27)28/h4-9,21,24H,10H2,1-3H3,(H,20,23). The Morgan fingerprint density at radius 3 is 2.50 bits per heavy atom. The molecule has 0 aliphatic rings. The van der Waals surface area contributed by atoms with Crippen molar-refractivity contribution >= 4 is 33.0 Å². The molecule has 0 aliphatic heterocycles. The van der Waals surface area contributed by atoms with E-state index in [9.17, 15) is 32.8 Å². The highest BCUT2D eigenvalue weighted by Gasteiger charge is 2.32. The van der Waals surface area contributed by atoms with Crippen molar-refractivity contribution in [3.05, 3.63) is 57.9 Å². The Morgan fingerprint density at radius 2 is 1.97 bits per heavy atom. The summed E-state index contributed by atoms with van der Waals surface area (Å²) < 4.78 is 43.6. The summed E-state index contributed by atoms with van der Waals surface area (Å²) >= 11 is 0. The van der Waals surface area contributed by atoms with Crippen LogP contribution < -0.4 is 14.8 Å². The first-order valence-corrected chi connectivity index (χ1v) is 10.4. The van der Waals surface area contributed by atoms with Gasteiger partial charge in [-0.1, -0.05) is 0 Å². The SMILES string of the molecule is Cc1cc(NC(=O)C(C)(O)COc2ccc(NS(C)(=O)=O)c(F)c2)ccc1[N+](=O)[O-]. The quantitative estimate of drug-likeness (QED) is 0.420. The summed E-state index contributed by atoms with van der Waals surface area (Å²) in [6, 6.07) is 7.25. The summed E-state index contributed by atoms with van der Waals surface area (Å²) in [7, 11) is -3.66. The van der Waals surface area contributed by atoms with Gasteiger partial charge in [0.15, 0.2) is 11.4 Å². The summed E-state index contributed by atoms with van der Waals surface area (Å²) in [6.45, 7) is 2.14. The molecule has 30 heavy (non-hydrogen) atoms. The molecule has 0 aromatic heterocycles. The maximum atomic E-state index is 14.0. The van der Waals surface area contributed by atoms with E-state index in [1.165, 1.54) is 38.1 Å². The highest BCUT2D eigenvalue weighted by Crippen LogP contribution is 2.24. The molecule has 0 fully saturated rings. The molecule has 2 rings (SSSR count). The number of hydrogen-bond acceptors (Lipinski definition) is 7. The fraction of sp³-hybridized carbons (Fsp3) is 0.278. The van der Waals surface area contributed by atoms with Gasteiger partial charge in [0.2, 0.25) is 10.0 Å². The molecule has 0 spiro atoms. The number of nitrogens with one attached hydrogen (secondary N) is 2. The summed E-state index contributed by atoms with van der Waals surface area (Å²) in [6.07, 6.45) is 0.874. The maximum Gasteiger partial charge on any atom is 0.272 e. The van der Waals surface area contributed by atoms with Crippen molar-refractivity contribution in [2.24, 2.45) is 0 Å². The van der Waals surface area contributed by atoms with Crippen LogP contribution >= 0.6 is 0 Å². The maximum absolute atomic E-state index is 14.0. The molecule has 1 atom stereocenters. The highest BCUT2D eigenvalue weighted by molar-refractivity contribution is 7.92. The van der Waals surface area contributed by atoms with Gasteiger partial charge in [-0.2, -0.15) is 0 Å². The lowest BCUT2D eigenvalue weighted by atomic mass is 10.1. The third-order valence-electron chi connectivity index (χ3n) is 3.90. The lowest BCUT2D eigenvalue weighted by molar-refractivity contribution is -0.385. The van der Waals surface area contributed by atoms with Crippen LogP contribution in [-0.4, -0.2) is 42.8 Å². The van der Waals surface area contributed by atoms with Crippen LogP contribution in [0.3, 0.4) is 0 Å². The number of aryl methyl sites for hydroxylation is 1. The number of halogens is 1. The van der Waals surface area contributed by atoms with Crippen molar-refractivity contribution in [3.63, 3.8) is 0 Å². The molecule has 0 aliphatic carbocycles. The molecule has 10 nitrogen and oxygen atoms in total. The number of nitro groups is 1.